The topological polar surface area (TPSA) is 79.0 Å². The van der Waals surface area contributed by atoms with Crippen molar-refractivity contribution in [3.05, 3.63) is 24.3 Å². The molecule has 5 nitrogen and oxygen atoms in total. The average Bonchev–Trinajstić information content (AvgIpc) is 2.47. The summed E-state index contributed by atoms with van der Waals surface area (Å²) in [6, 6.07) is 7.29. The first-order valence-corrected chi connectivity index (χ1v) is 7.17. The number of nitrogen functional groups attached to an aromatic ring is 1. The number of para-hydroxylation sites is 2. The van der Waals surface area contributed by atoms with E-state index in [0.29, 0.717) is 23.9 Å². The summed E-state index contributed by atoms with van der Waals surface area (Å²) in [4.78, 5) is 2.22. The first kappa shape index (κ1) is 15.1. The van der Waals surface area contributed by atoms with Crippen LogP contribution in [0.15, 0.2) is 24.3 Å². The molecule has 0 aromatic heterocycles. The Kier molecular flexibility index (Phi) is 5.64. The van der Waals surface area contributed by atoms with Crippen LogP contribution in [0, 0.1) is 5.92 Å². The van der Waals surface area contributed by atoms with Gasteiger partial charge in [0.25, 0.3) is 0 Å². The Labute approximate surface area is 120 Å². The van der Waals surface area contributed by atoms with E-state index in [1.54, 1.807) is 12.1 Å². The number of nitrogens with zero attached hydrogens (tertiary/aromatic N) is 1. The number of hydrogen-bond acceptors (Lipinski definition) is 5. The molecule has 1 aliphatic heterocycles. The van der Waals surface area contributed by atoms with Gasteiger partial charge in [0.05, 0.1) is 5.69 Å². The zero-order valence-electron chi connectivity index (χ0n) is 11.7. The fourth-order valence-electron chi connectivity index (χ4n) is 2.50. The van der Waals surface area contributed by atoms with E-state index >= 15 is 0 Å². The number of aliphatic hydroxyl groups excluding tert-OH is 2. The first-order valence-electron chi connectivity index (χ1n) is 7.17. The smallest absolute Gasteiger partial charge is 0.142 e. The summed E-state index contributed by atoms with van der Waals surface area (Å²) in [5, 5.41) is 19.1. The van der Waals surface area contributed by atoms with E-state index in [0.717, 1.165) is 25.9 Å². The Morgan fingerprint density at radius 3 is 2.65 bits per heavy atom. The molecule has 20 heavy (non-hydrogen) atoms. The predicted octanol–water partition coefficient (Wildman–Crippen LogP) is 0.713. The number of nitrogens with two attached hydrogens (primary N) is 1. The van der Waals surface area contributed by atoms with Gasteiger partial charge in [-0.15, -0.1) is 0 Å². The SMILES string of the molecule is Nc1ccccc1OCC(O)CN1CCC(CO)CC1. The number of ether oxygens (including phenoxy) is 1. The van der Waals surface area contributed by atoms with Crippen LogP contribution in [0.3, 0.4) is 0 Å². The molecule has 0 aliphatic carbocycles. The molecule has 112 valence electrons. The highest BCUT2D eigenvalue weighted by Gasteiger charge is 2.20. The van der Waals surface area contributed by atoms with Gasteiger partial charge in [-0.05, 0) is 44.0 Å². The van der Waals surface area contributed by atoms with Crippen molar-refractivity contribution in [2.75, 3.05) is 38.6 Å². The van der Waals surface area contributed by atoms with Crippen LogP contribution in [0.1, 0.15) is 12.8 Å². The van der Waals surface area contributed by atoms with Crippen molar-refractivity contribution in [3.63, 3.8) is 0 Å². The second-order valence-corrected chi connectivity index (χ2v) is 5.43. The summed E-state index contributed by atoms with van der Waals surface area (Å²) < 4.78 is 5.54. The molecule has 1 aromatic rings. The van der Waals surface area contributed by atoms with Gasteiger partial charge in [0.15, 0.2) is 0 Å². The number of rotatable bonds is 6. The molecule has 0 spiro atoms. The van der Waals surface area contributed by atoms with E-state index in [1.807, 2.05) is 12.1 Å². The molecule has 0 bridgehead atoms. The Hall–Kier alpha value is -1.30. The lowest BCUT2D eigenvalue weighted by Gasteiger charge is -2.32. The molecule has 1 saturated heterocycles. The molecule has 1 fully saturated rings. The van der Waals surface area contributed by atoms with E-state index in [9.17, 15) is 5.11 Å². The standard InChI is InChI=1S/C15H24N2O3/c16-14-3-1-2-4-15(14)20-11-13(19)9-17-7-5-12(10-18)6-8-17/h1-4,12-13,18-19H,5-11,16H2. The van der Waals surface area contributed by atoms with Crippen LogP contribution in [0.5, 0.6) is 5.75 Å². The highest BCUT2D eigenvalue weighted by atomic mass is 16.5. The van der Waals surface area contributed by atoms with E-state index < -0.39 is 6.10 Å². The van der Waals surface area contributed by atoms with Crippen molar-refractivity contribution >= 4 is 5.69 Å². The monoisotopic (exact) mass is 280 g/mol. The molecule has 5 heteroatoms. The van der Waals surface area contributed by atoms with Crippen molar-refractivity contribution < 1.29 is 14.9 Å². The Bertz CT molecular complexity index is 406. The molecular formula is C15H24N2O3. The van der Waals surface area contributed by atoms with E-state index in [1.165, 1.54) is 0 Å². The van der Waals surface area contributed by atoms with Gasteiger partial charge < -0.3 is 25.6 Å². The van der Waals surface area contributed by atoms with Gasteiger partial charge in [-0.25, -0.2) is 0 Å². The molecule has 2 rings (SSSR count). The number of aliphatic hydroxyl groups is 2. The molecule has 0 amide bonds. The third-order valence-electron chi connectivity index (χ3n) is 3.78. The fraction of sp³-hybridized carbons (Fsp3) is 0.600. The van der Waals surface area contributed by atoms with Crippen LogP contribution in [0.4, 0.5) is 5.69 Å². The fourth-order valence-corrected chi connectivity index (χ4v) is 2.50. The van der Waals surface area contributed by atoms with Gasteiger partial charge in [-0.2, -0.15) is 0 Å². The van der Waals surface area contributed by atoms with Gasteiger partial charge in [-0.3, -0.25) is 0 Å². The van der Waals surface area contributed by atoms with Crippen LogP contribution in [0.2, 0.25) is 0 Å². The summed E-state index contributed by atoms with van der Waals surface area (Å²) in [7, 11) is 0. The van der Waals surface area contributed by atoms with Crippen LogP contribution in [-0.4, -0.2) is 54.1 Å². The average molecular weight is 280 g/mol. The number of hydrogen-bond donors (Lipinski definition) is 3. The Morgan fingerprint density at radius 1 is 1.30 bits per heavy atom. The minimum absolute atomic E-state index is 0.244. The van der Waals surface area contributed by atoms with Gasteiger partial charge in [0.1, 0.15) is 18.5 Å². The van der Waals surface area contributed by atoms with Crippen molar-refractivity contribution in [1.82, 2.24) is 4.90 Å². The number of β-amino-alcohol motifs (C(OH)–C–C–N with tert-alkyl or cyclic N) is 1. The van der Waals surface area contributed by atoms with Crippen molar-refractivity contribution in [1.29, 1.82) is 0 Å². The van der Waals surface area contributed by atoms with Crippen molar-refractivity contribution in [3.8, 4) is 5.75 Å². The van der Waals surface area contributed by atoms with Crippen molar-refractivity contribution in [2.45, 2.75) is 18.9 Å². The molecule has 0 saturated carbocycles. The second-order valence-electron chi connectivity index (χ2n) is 5.43. The molecule has 1 aliphatic rings. The van der Waals surface area contributed by atoms with Crippen molar-refractivity contribution in [2.24, 2.45) is 5.92 Å². The first-order chi connectivity index (χ1) is 9.69. The van der Waals surface area contributed by atoms with E-state index in [2.05, 4.69) is 4.90 Å². The van der Waals surface area contributed by atoms with Gasteiger partial charge in [-0.1, -0.05) is 12.1 Å². The number of likely N-dealkylation sites (tertiary alicyclic amines) is 1. The maximum atomic E-state index is 10.0. The van der Waals surface area contributed by atoms with Crippen LogP contribution in [-0.2, 0) is 0 Å². The minimum atomic E-state index is -0.528. The van der Waals surface area contributed by atoms with Crippen LogP contribution in [0.25, 0.3) is 0 Å². The van der Waals surface area contributed by atoms with E-state index in [4.69, 9.17) is 15.6 Å². The predicted molar refractivity (Wildman–Crippen MR) is 78.6 cm³/mol. The molecule has 1 heterocycles. The highest BCUT2D eigenvalue weighted by molar-refractivity contribution is 5.51. The molecule has 0 radical (unpaired) electrons. The van der Waals surface area contributed by atoms with Gasteiger partial charge >= 0.3 is 0 Å². The lowest BCUT2D eigenvalue weighted by molar-refractivity contribution is 0.0490. The molecular weight excluding hydrogens is 256 g/mol. The highest BCUT2D eigenvalue weighted by Crippen LogP contribution is 2.20. The number of benzene rings is 1. The largest absolute Gasteiger partial charge is 0.489 e. The summed E-state index contributed by atoms with van der Waals surface area (Å²) in [6.07, 6.45) is 1.46. The second kappa shape index (κ2) is 7.47. The maximum Gasteiger partial charge on any atom is 0.142 e. The lowest BCUT2D eigenvalue weighted by atomic mass is 9.98. The minimum Gasteiger partial charge on any atom is -0.489 e. The lowest BCUT2D eigenvalue weighted by Crippen LogP contribution is -2.41. The number of piperidine rings is 1. The van der Waals surface area contributed by atoms with Crippen LogP contribution >= 0.6 is 0 Å². The maximum absolute atomic E-state index is 10.0. The third kappa shape index (κ3) is 4.37. The zero-order chi connectivity index (χ0) is 14.4. The summed E-state index contributed by atoms with van der Waals surface area (Å²) in [5.41, 5.74) is 6.37. The molecule has 1 unspecified atom stereocenters. The van der Waals surface area contributed by atoms with Crippen LogP contribution < -0.4 is 10.5 Å². The summed E-state index contributed by atoms with van der Waals surface area (Å²) in [6.45, 7) is 2.97. The Balaban J connectivity index is 1.71. The molecule has 4 N–H and O–H groups in total. The zero-order valence-corrected chi connectivity index (χ0v) is 11.7. The Morgan fingerprint density at radius 2 is 2.00 bits per heavy atom. The quantitative estimate of drug-likeness (QED) is 0.669. The normalized spacial score (nSPS) is 18.9. The number of anilines is 1. The molecule has 1 aromatic carbocycles. The van der Waals surface area contributed by atoms with Gasteiger partial charge in [0, 0.05) is 13.2 Å². The third-order valence-corrected chi connectivity index (χ3v) is 3.78. The van der Waals surface area contributed by atoms with E-state index in [-0.39, 0.29) is 13.2 Å². The van der Waals surface area contributed by atoms with Gasteiger partial charge in [0.2, 0.25) is 0 Å². The summed E-state index contributed by atoms with van der Waals surface area (Å²) in [5.74, 6) is 1.04. The summed E-state index contributed by atoms with van der Waals surface area (Å²) >= 11 is 0. The molecule has 1 atom stereocenters.